The third-order valence-corrected chi connectivity index (χ3v) is 8.88. The summed E-state index contributed by atoms with van der Waals surface area (Å²) in [5, 5.41) is 0. The molecule has 1 saturated heterocycles. The molecule has 1 rings (SSSR count). The first kappa shape index (κ1) is 28.0. The summed E-state index contributed by atoms with van der Waals surface area (Å²) in [4.78, 5) is 7.83. The van der Waals surface area contributed by atoms with Gasteiger partial charge in [-0.2, -0.15) is 0 Å². The molecule has 0 amide bonds. The topological polar surface area (TPSA) is 37.4 Å². The first-order chi connectivity index (χ1) is 14.6. The molecule has 30 heavy (non-hydrogen) atoms. The van der Waals surface area contributed by atoms with Crippen LogP contribution in [0.3, 0.4) is 0 Å². The van der Waals surface area contributed by atoms with Crippen LogP contribution in [0.5, 0.6) is 0 Å². The van der Waals surface area contributed by atoms with Crippen LogP contribution in [-0.4, -0.2) is 102 Å². The molecule has 0 bridgehead atoms. The summed E-state index contributed by atoms with van der Waals surface area (Å²) in [7, 11) is -2.58. The molecular formula is C23H51N3O3Si. The summed E-state index contributed by atoms with van der Waals surface area (Å²) < 4.78 is 18.1. The van der Waals surface area contributed by atoms with Gasteiger partial charge in [0.15, 0.2) is 0 Å². The summed E-state index contributed by atoms with van der Waals surface area (Å²) in [6.07, 6.45) is 8.82. The second kappa shape index (κ2) is 17.5. The van der Waals surface area contributed by atoms with Crippen LogP contribution in [0.2, 0.25) is 0 Å². The minimum atomic E-state index is -2.58. The average Bonchev–Trinajstić information content (AvgIpc) is 2.73. The quantitative estimate of drug-likeness (QED) is 0.222. The van der Waals surface area contributed by atoms with Crippen molar-refractivity contribution >= 4 is 8.80 Å². The maximum atomic E-state index is 6.04. The van der Waals surface area contributed by atoms with Gasteiger partial charge in [-0.1, -0.05) is 39.5 Å². The fourth-order valence-corrected chi connectivity index (χ4v) is 6.86. The Bertz CT molecular complexity index is 369. The second-order valence-corrected chi connectivity index (χ2v) is 10.9. The summed E-state index contributed by atoms with van der Waals surface area (Å²) in [5.74, 6) is 0. The minimum absolute atomic E-state index is 0.651. The summed E-state index contributed by atoms with van der Waals surface area (Å²) in [5.41, 5.74) is 0. The normalized spacial score (nSPS) is 16.6. The molecule has 0 aromatic rings. The standard InChI is InChI=1S/C23H51N3O3Si/c1-6-11-13-15-24(16-14-12-7-2)17-18-25-19-21-26(22-20-25)23-30(27-8-3,28-9-4)29-10-5/h6-23H2,1-5H3. The van der Waals surface area contributed by atoms with Gasteiger partial charge in [0.05, 0.1) is 6.17 Å². The van der Waals surface area contributed by atoms with Crippen LogP contribution < -0.4 is 0 Å². The van der Waals surface area contributed by atoms with Crippen molar-refractivity contribution in [2.24, 2.45) is 0 Å². The molecule has 1 aliphatic heterocycles. The molecule has 1 heterocycles. The summed E-state index contributed by atoms with van der Waals surface area (Å²) in [6.45, 7) is 22.0. The maximum Gasteiger partial charge on any atom is 0.515 e. The molecule has 0 aliphatic carbocycles. The molecule has 6 nitrogen and oxygen atoms in total. The zero-order valence-corrected chi connectivity index (χ0v) is 21.8. The Kier molecular flexibility index (Phi) is 16.4. The van der Waals surface area contributed by atoms with E-state index in [0.717, 1.165) is 32.3 Å². The van der Waals surface area contributed by atoms with Crippen LogP contribution in [0.4, 0.5) is 0 Å². The molecule has 7 heteroatoms. The predicted octanol–water partition coefficient (Wildman–Crippen LogP) is 3.87. The molecule has 180 valence electrons. The van der Waals surface area contributed by atoms with E-state index in [2.05, 4.69) is 28.5 Å². The zero-order valence-electron chi connectivity index (χ0n) is 20.8. The number of hydrogen-bond donors (Lipinski definition) is 0. The third-order valence-electron chi connectivity index (χ3n) is 5.86. The van der Waals surface area contributed by atoms with E-state index >= 15 is 0 Å². The van der Waals surface area contributed by atoms with Gasteiger partial charge in [0.2, 0.25) is 0 Å². The largest absolute Gasteiger partial charge is 0.515 e. The lowest BCUT2D eigenvalue weighted by molar-refractivity contribution is 0.0462. The molecule has 0 aromatic heterocycles. The Labute approximate surface area is 188 Å². The molecule has 0 aromatic carbocycles. The van der Waals surface area contributed by atoms with Crippen molar-refractivity contribution in [1.29, 1.82) is 0 Å². The van der Waals surface area contributed by atoms with Gasteiger partial charge in [-0.05, 0) is 46.7 Å². The van der Waals surface area contributed by atoms with Crippen molar-refractivity contribution in [3.05, 3.63) is 0 Å². The Morgan fingerprint density at radius 3 is 1.53 bits per heavy atom. The first-order valence-corrected chi connectivity index (χ1v) is 14.6. The lowest BCUT2D eigenvalue weighted by Gasteiger charge is -2.39. The molecule has 1 aliphatic rings. The Morgan fingerprint density at radius 2 is 1.10 bits per heavy atom. The lowest BCUT2D eigenvalue weighted by Crippen LogP contribution is -2.59. The predicted molar refractivity (Wildman–Crippen MR) is 129 cm³/mol. The third kappa shape index (κ3) is 11.6. The Hall–Kier alpha value is -0.0231. The van der Waals surface area contributed by atoms with Gasteiger partial charge in [-0.25, -0.2) is 0 Å². The highest BCUT2D eigenvalue weighted by Gasteiger charge is 2.42. The highest BCUT2D eigenvalue weighted by Crippen LogP contribution is 2.14. The smallest absolute Gasteiger partial charge is 0.373 e. The van der Waals surface area contributed by atoms with Gasteiger partial charge in [0, 0.05) is 59.1 Å². The van der Waals surface area contributed by atoms with Crippen molar-refractivity contribution in [1.82, 2.24) is 14.7 Å². The highest BCUT2D eigenvalue weighted by molar-refractivity contribution is 6.60. The van der Waals surface area contributed by atoms with E-state index < -0.39 is 8.80 Å². The van der Waals surface area contributed by atoms with E-state index in [9.17, 15) is 0 Å². The SMILES string of the molecule is CCCCCN(CCCCC)CCN1CCN(C[Si](OCC)(OCC)OCC)CC1. The van der Waals surface area contributed by atoms with Crippen LogP contribution in [0.1, 0.15) is 73.1 Å². The van der Waals surface area contributed by atoms with E-state index in [1.807, 2.05) is 20.8 Å². The summed E-state index contributed by atoms with van der Waals surface area (Å²) >= 11 is 0. The minimum Gasteiger partial charge on any atom is -0.373 e. The van der Waals surface area contributed by atoms with Crippen molar-refractivity contribution in [2.75, 3.05) is 78.3 Å². The molecule has 1 fully saturated rings. The molecule has 0 unspecified atom stereocenters. The zero-order chi connectivity index (χ0) is 22.1. The van der Waals surface area contributed by atoms with Gasteiger partial charge >= 0.3 is 8.80 Å². The first-order valence-electron chi connectivity index (χ1n) is 12.7. The molecule has 0 atom stereocenters. The van der Waals surface area contributed by atoms with Crippen LogP contribution >= 0.6 is 0 Å². The Morgan fingerprint density at radius 1 is 0.633 bits per heavy atom. The van der Waals surface area contributed by atoms with Gasteiger partial charge in [-0.15, -0.1) is 0 Å². The van der Waals surface area contributed by atoms with Gasteiger partial charge in [-0.3, -0.25) is 9.80 Å². The molecule has 0 saturated carbocycles. The molecular weight excluding hydrogens is 394 g/mol. The average molecular weight is 446 g/mol. The van der Waals surface area contributed by atoms with Gasteiger partial charge in [0.25, 0.3) is 0 Å². The van der Waals surface area contributed by atoms with Crippen molar-refractivity contribution < 1.29 is 13.3 Å². The number of nitrogens with zero attached hydrogens (tertiary/aromatic N) is 3. The van der Waals surface area contributed by atoms with Crippen LogP contribution in [0.15, 0.2) is 0 Å². The fourth-order valence-electron chi connectivity index (χ4n) is 4.16. The van der Waals surface area contributed by atoms with E-state index in [0.29, 0.717) is 19.8 Å². The van der Waals surface area contributed by atoms with E-state index in [1.54, 1.807) is 0 Å². The number of unbranched alkanes of at least 4 members (excludes halogenated alkanes) is 4. The highest BCUT2D eigenvalue weighted by atomic mass is 28.4. The molecule has 0 spiro atoms. The van der Waals surface area contributed by atoms with Crippen LogP contribution in [0, 0.1) is 0 Å². The van der Waals surface area contributed by atoms with Crippen LogP contribution in [0.25, 0.3) is 0 Å². The number of hydrogen-bond acceptors (Lipinski definition) is 6. The molecule has 0 radical (unpaired) electrons. The van der Waals surface area contributed by atoms with E-state index in [4.69, 9.17) is 13.3 Å². The van der Waals surface area contributed by atoms with E-state index in [1.165, 1.54) is 64.7 Å². The monoisotopic (exact) mass is 445 g/mol. The van der Waals surface area contributed by atoms with Crippen molar-refractivity contribution in [3.8, 4) is 0 Å². The van der Waals surface area contributed by atoms with Gasteiger partial charge < -0.3 is 18.2 Å². The van der Waals surface area contributed by atoms with Crippen molar-refractivity contribution in [2.45, 2.75) is 73.1 Å². The Balaban J connectivity index is 2.43. The fraction of sp³-hybridized carbons (Fsp3) is 1.00. The van der Waals surface area contributed by atoms with Crippen molar-refractivity contribution in [3.63, 3.8) is 0 Å². The molecule has 0 N–H and O–H groups in total. The van der Waals surface area contributed by atoms with Gasteiger partial charge in [0.1, 0.15) is 0 Å². The van der Waals surface area contributed by atoms with E-state index in [-0.39, 0.29) is 0 Å². The number of rotatable bonds is 19. The lowest BCUT2D eigenvalue weighted by atomic mass is 10.2. The maximum absolute atomic E-state index is 6.04. The number of piperazine rings is 1. The second-order valence-electron chi connectivity index (χ2n) is 8.36. The summed E-state index contributed by atoms with van der Waals surface area (Å²) in [6, 6.07) is 0. The van der Waals surface area contributed by atoms with Crippen LogP contribution in [-0.2, 0) is 13.3 Å².